The maximum absolute atomic E-state index is 12.9. The van der Waals surface area contributed by atoms with E-state index >= 15 is 0 Å². The lowest BCUT2D eigenvalue weighted by Crippen LogP contribution is -2.46. The smallest absolute Gasteiger partial charge is 0.253 e. The molecule has 1 aromatic heterocycles. The molecule has 0 aliphatic carbocycles. The third-order valence-corrected chi connectivity index (χ3v) is 5.26. The Bertz CT molecular complexity index is 621. The SMILES string of the molecule is CCCC[C@H]1C=CCN1C(=O)C1CCN(C(=O)c2ccncc2)CC1. The van der Waals surface area contributed by atoms with E-state index in [2.05, 4.69) is 24.1 Å². The number of unbranched alkanes of at least 4 members (excludes halogenated alkanes) is 1. The third kappa shape index (κ3) is 4.09. The second-order valence-electron chi connectivity index (χ2n) is 6.93. The van der Waals surface area contributed by atoms with Crippen molar-refractivity contribution in [1.82, 2.24) is 14.8 Å². The fraction of sp³-hybridized carbons (Fsp3) is 0.550. The molecule has 1 aromatic rings. The zero-order valence-corrected chi connectivity index (χ0v) is 14.9. The first-order valence-corrected chi connectivity index (χ1v) is 9.37. The molecule has 0 aromatic carbocycles. The summed E-state index contributed by atoms with van der Waals surface area (Å²) in [7, 11) is 0. The van der Waals surface area contributed by atoms with Crippen LogP contribution in [0.2, 0.25) is 0 Å². The van der Waals surface area contributed by atoms with E-state index in [1.807, 2.05) is 9.80 Å². The van der Waals surface area contributed by atoms with Crippen molar-refractivity contribution in [3.8, 4) is 0 Å². The lowest BCUT2D eigenvalue weighted by molar-refractivity contribution is -0.137. The summed E-state index contributed by atoms with van der Waals surface area (Å²) < 4.78 is 0. The maximum Gasteiger partial charge on any atom is 0.253 e. The summed E-state index contributed by atoms with van der Waals surface area (Å²) in [6.45, 7) is 4.22. The minimum Gasteiger partial charge on any atom is -0.339 e. The highest BCUT2D eigenvalue weighted by atomic mass is 16.2. The predicted molar refractivity (Wildman–Crippen MR) is 97.0 cm³/mol. The van der Waals surface area contributed by atoms with Gasteiger partial charge in [0.1, 0.15) is 0 Å². The normalized spacial score (nSPS) is 20.9. The Labute approximate surface area is 149 Å². The molecule has 2 aliphatic rings. The molecule has 1 atom stereocenters. The van der Waals surface area contributed by atoms with Crippen LogP contribution in [0.1, 0.15) is 49.4 Å². The molecule has 134 valence electrons. The zero-order valence-electron chi connectivity index (χ0n) is 14.9. The van der Waals surface area contributed by atoms with Gasteiger partial charge in [-0.25, -0.2) is 0 Å². The molecule has 0 radical (unpaired) electrons. The quantitative estimate of drug-likeness (QED) is 0.774. The van der Waals surface area contributed by atoms with Gasteiger partial charge >= 0.3 is 0 Å². The highest BCUT2D eigenvalue weighted by Gasteiger charge is 2.33. The standard InChI is InChI=1S/C20H27N3O2/c1-2-3-5-18-6-4-13-23(18)20(25)17-9-14-22(15-10-17)19(24)16-7-11-21-12-8-16/h4,6-8,11-12,17-18H,2-3,5,9-10,13-15H2,1H3/t18-/m0/s1. The number of amides is 2. The lowest BCUT2D eigenvalue weighted by Gasteiger charge is -2.35. The van der Waals surface area contributed by atoms with Crippen LogP contribution in [0, 0.1) is 5.92 Å². The Morgan fingerprint density at radius 2 is 1.92 bits per heavy atom. The van der Waals surface area contributed by atoms with E-state index < -0.39 is 0 Å². The number of hydrogen-bond donors (Lipinski definition) is 0. The summed E-state index contributed by atoms with van der Waals surface area (Å²) in [6, 6.07) is 3.76. The van der Waals surface area contributed by atoms with E-state index in [0.717, 1.165) is 38.6 Å². The van der Waals surface area contributed by atoms with Crippen molar-refractivity contribution in [3.63, 3.8) is 0 Å². The van der Waals surface area contributed by atoms with Crippen molar-refractivity contribution in [1.29, 1.82) is 0 Å². The Kier molecular flexibility index (Phi) is 5.84. The second-order valence-corrected chi connectivity index (χ2v) is 6.93. The van der Waals surface area contributed by atoms with Crippen LogP contribution in [0.5, 0.6) is 0 Å². The van der Waals surface area contributed by atoms with Crippen LogP contribution < -0.4 is 0 Å². The van der Waals surface area contributed by atoms with Crippen LogP contribution >= 0.6 is 0 Å². The van der Waals surface area contributed by atoms with E-state index in [4.69, 9.17) is 0 Å². The highest BCUT2D eigenvalue weighted by molar-refractivity contribution is 5.94. The fourth-order valence-corrected chi connectivity index (χ4v) is 3.73. The van der Waals surface area contributed by atoms with E-state index in [0.29, 0.717) is 18.7 Å². The summed E-state index contributed by atoms with van der Waals surface area (Å²) in [5.41, 5.74) is 0.670. The lowest BCUT2D eigenvalue weighted by atomic mass is 9.94. The molecule has 5 heteroatoms. The molecule has 2 aliphatic heterocycles. The molecule has 25 heavy (non-hydrogen) atoms. The minimum absolute atomic E-state index is 0.0389. The Balaban J connectivity index is 1.53. The summed E-state index contributed by atoms with van der Waals surface area (Å²) in [5, 5.41) is 0. The van der Waals surface area contributed by atoms with Gasteiger partial charge in [-0.15, -0.1) is 0 Å². The molecule has 1 fully saturated rings. The van der Waals surface area contributed by atoms with Crippen LogP contribution in [-0.2, 0) is 4.79 Å². The van der Waals surface area contributed by atoms with Gasteiger partial charge < -0.3 is 9.80 Å². The molecular formula is C20H27N3O2. The number of nitrogens with zero attached hydrogens (tertiary/aromatic N) is 3. The molecule has 0 unspecified atom stereocenters. The molecule has 0 N–H and O–H groups in total. The third-order valence-electron chi connectivity index (χ3n) is 5.26. The van der Waals surface area contributed by atoms with Crippen molar-refractivity contribution in [3.05, 3.63) is 42.2 Å². The van der Waals surface area contributed by atoms with Crippen LogP contribution in [0.25, 0.3) is 0 Å². The largest absolute Gasteiger partial charge is 0.339 e. The first kappa shape index (κ1) is 17.6. The highest BCUT2D eigenvalue weighted by Crippen LogP contribution is 2.25. The molecule has 0 saturated carbocycles. The monoisotopic (exact) mass is 341 g/mol. The van der Waals surface area contributed by atoms with Crippen LogP contribution in [0.3, 0.4) is 0 Å². The summed E-state index contributed by atoms with van der Waals surface area (Å²) >= 11 is 0. The van der Waals surface area contributed by atoms with Gasteiger partial charge in [0.05, 0.1) is 6.04 Å². The minimum atomic E-state index is 0.0389. The second kappa shape index (κ2) is 8.28. The Morgan fingerprint density at radius 1 is 1.20 bits per heavy atom. The maximum atomic E-state index is 12.9. The van der Waals surface area contributed by atoms with Crippen LogP contribution in [-0.4, -0.2) is 52.3 Å². The van der Waals surface area contributed by atoms with E-state index in [1.165, 1.54) is 0 Å². The number of likely N-dealkylation sites (tertiary alicyclic amines) is 1. The number of piperidine rings is 1. The number of hydrogen-bond acceptors (Lipinski definition) is 3. The van der Waals surface area contributed by atoms with Crippen molar-refractivity contribution >= 4 is 11.8 Å². The number of carbonyl (C=O) groups is 2. The molecule has 0 spiro atoms. The van der Waals surface area contributed by atoms with Gasteiger partial charge in [0.2, 0.25) is 5.91 Å². The summed E-state index contributed by atoms with van der Waals surface area (Å²) in [4.78, 5) is 33.2. The van der Waals surface area contributed by atoms with E-state index in [1.54, 1.807) is 24.5 Å². The van der Waals surface area contributed by atoms with Gasteiger partial charge in [-0.3, -0.25) is 14.6 Å². The summed E-state index contributed by atoms with van der Waals surface area (Å²) in [6.07, 6.45) is 12.4. The first-order valence-electron chi connectivity index (χ1n) is 9.37. The van der Waals surface area contributed by atoms with Gasteiger partial charge in [0, 0.05) is 43.5 Å². The van der Waals surface area contributed by atoms with Crippen molar-refractivity contribution < 1.29 is 9.59 Å². The van der Waals surface area contributed by atoms with Crippen molar-refractivity contribution in [2.75, 3.05) is 19.6 Å². The number of aromatic nitrogens is 1. The van der Waals surface area contributed by atoms with Gasteiger partial charge in [-0.2, -0.15) is 0 Å². The van der Waals surface area contributed by atoms with E-state index in [9.17, 15) is 9.59 Å². The van der Waals surface area contributed by atoms with Crippen molar-refractivity contribution in [2.45, 2.75) is 45.1 Å². The van der Waals surface area contributed by atoms with Gasteiger partial charge in [-0.1, -0.05) is 31.9 Å². The average Bonchev–Trinajstić information content (AvgIpc) is 3.14. The number of pyridine rings is 1. The Hall–Kier alpha value is -2.17. The molecule has 5 nitrogen and oxygen atoms in total. The van der Waals surface area contributed by atoms with Gasteiger partial charge in [-0.05, 0) is 31.4 Å². The number of rotatable bonds is 5. The fourth-order valence-electron chi connectivity index (χ4n) is 3.73. The first-order chi connectivity index (χ1) is 12.2. The number of carbonyl (C=O) groups excluding carboxylic acids is 2. The molecule has 0 bridgehead atoms. The average molecular weight is 341 g/mol. The van der Waals surface area contributed by atoms with E-state index in [-0.39, 0.29) is 23.8 Å². The molecule has 3 heterocycles. The van der Waals surface area contributed by atoms with Gasteiger partial charge in [0.25, 0.3) is 5.91 Å². The van der Waals surface area contributed by atoms with Crippen molar-refractivity contribution in [2.24, 2.45) is 5.92 Å². The molecule has 1 saturated heterocycles. The Morgan fingerprint density at radius 3 is 2.60 bits per heavy atom. The topological polar surface area (TPSA) is 53.5 Å². The molecule has 3 rings (SSSR count). The molecule has 2 amide bonds. The zero-order chi connectivity index (χ0) is 17.6. The molecular weight excluding hydrogens is 314 g/mol. The van der Waals surface area contributed by atoms with Crippen LogP contribution in [0.15, 0.2) is 36.7 Å². The van der Waals surface area contributed by atoms with Gasteiger partial charge in [0.15, 0.2) is 0 Å². The van der Waals surface area contributed by atoms with Crippen LogP contribution in [0.4, 0.5) is 0 Å². The summed E-state index contributed by atoms with van der Waals surface area (Å²) in [5.74, 6) is 0.351. The predicted octanol–water partition coefficient (Wildman–Crippen LogP) is 2.89.